The van der Waals surface area contributed by atoms with Gasteiger partial charge in [0.1, 0.15) is 6.54 Å². The van der Waals surface area contributed by atoms with Crippen LogP contribution >= 0.6 is 0 Å². The Morgan fingerprint density at radius 3 is 2.68 bits per heavy atom. The highest BCUT2D eigenvalue weighted by Gasteiger charge is 2.22. The number of carbonyl (C=O) groups excluding carboxylic acids is 1. The summed E-state index contributed by atoms with van der Waals surface area (Å²) in [5.41, 5.74) is 0. The third kappa shape index (κ3) is 6.24. The number of carbonyl (C=O) groups is 2. The molecule has 19 heavy (non-hydrogen) atoms. The summed E-state index contributed by atoms with van der Waals surface area (Å²) in [7, 11) is 1.64. The molecule has 0 unspecified atom stereocenters. The van der Waals surface area contributed by atoms with E-state index in [1.807, 2.05) is 0 Å². The zero-order valence-corrected chi connectivity index (χ0v) is 11.4. The van der Waals surface area contributed by atoms with E-state index in [4.69, 9.17) is 9.84 Å². The molecular weight excluding hydrogens is 248 g/mol. The van der Waals surface area contributed by atoms with Crippen molar-refractivity contribution in [2.24, 2.45) is 5.92 Å². The van der Waals surface area contributed by atoms with Gasteiger partial charge in [0.2, 0.25) is 0 Å². The number of nitrogens with zero attached hydrogens (tertiary/aromatic N) is 2. The lowest BCUT2D eigenvalue weighted by Gasteiger charge is -2.26. The van der Waals surface area contributed by atoms with E-state index in [1.54, 1.807) is 7.05 Å². The summed E-state index contributed by atoms with van der Waals surface area (Å²) < 4.78 is 5.45. The van der Waals surface area contributed by atoms with Gasteiger partial charge in [0.05, 0.1) is 6.61 Å². The number of carboxylic acids is 1. The van der Waals surface area contributed by atoms with Crippen molar-refractivity contribution in [3.63, 3.8) is 0 Å². The van der Waals surface area contributed by atoms with E-state index >= 15 is 0 Å². The van der Waals surface area contributed by atoms with Crippen LogP contribution in [0.1, 0.15) is 12.8 Å². The van der Waals surface area contributed by atoms with Crippen LogP contribution < -0.4 is 0 Å². The first-order chi connectivity index (χ1) is 9.04. The van der Waals surface area contributed by atoms with E-state index in [2.05, 4.69) is 6.58 Å². The summed E-state index contributed by atoms with van der Waals surface area (Å²) in [5.74, 6) is -0.334. The molecule has 0 heterocycles. The molecular formula is C13H22N2O4. The largest absolute Gasteiger partial charge is 0.480 e. The predicted octanol–water partition coefficient (Wildman–Crippen LogP) is 1.04. The Bertz CT molecular complexity index is 329. The van der Waals surface area contributed by atoms with Crippen LogP contribution in [0.15, 0.2) is 12.7 Å². The molecule has 6 nitrogen and oxygen atoms in total. The molecule has 0 aromatic heterocycles. The quantitative estimate of drug-likeness (QED) is 0.502. The highest BCUT2D eigenvalue weighted by Crippen LogP contribution is 2.28. The molecule has 1 aliphatic carbocycles. The van der Waals surface area contributed by atoms with Gasteiger partial charge < -0.3 is 19.6 Å². The van der Waals surface area contributed by atoms with Gasteiger partial charge in [-0.15, -0.1) is 6.58 Å². The third-order valence-electron chi connectivity index (χ3n) is 2.89. The molecule has 0 bridgehead atoms. The first-order valence-electron chi connectivity index (χ1n) is 6.45. The molecule has 6 heteroatoms. The molecule has 108 valence electrons. The number of likely N-dealkylation sites (N-methyl/N-ethyl adjacent to an activating group) is 1. The van der Waals surface area contributed by atoms with Crippen molar-refractivity contribution in [2.75, 3.05) is 39.9 Å². The Morgan fingerprint density at radius 1 is 1.47 bits per heavy atom. The van der Waals surface area contributed by atoms with E-state index in [0.29, 0.717) is 19.1 Å². The molecule has 1 fully saturated rings. The summed E-state index contributed by atoms with van der Waals surface area (Å²) in [6.07, 6.45) is 3.99. The van der Waals surface area contributed by atoms with Crippen molar-refractivity contribution < 1.29 is 19.4 Å². The van der Waals surface area contributed by atoms with Crippen LogP contribution in [0, 0.1) is 5.92 Å². The maximum Gasteiger partial charge on any atom is 0.323 e. The van der Waals surface area contributed by atoms with Gasteiger partial charge in [-0.05, 0) is 18.8 Å². The van der Waals surface area contributed by atoms with Gasteiger partial charge in [0, 0.05) is 26.7 Å². The maximum atomic E-state index is 12.0. The van der Waals surface area contributed by atoms with Gasteiger partial charge in [0.25, 0.3) is 0 Å². The van der Waals surface area contributed by atoms with Gasteiger partial charge >= 0.3 is 12.0 Å². The average molecular weight is 270 g/mol. The summed E-state index contributed by atoms with van der Waals surface area (Å²) in [5, 5.41) is 8.75. The smallest absolute Gasteiger partial charge is 0.323 e. The van der Waals surface area contributed by atoms with Crippen LogP contribution in [0.5, 0.6) is 0 Å². The van der Waals surface area contributed by atoms with Crippen molar-refractivity contribution >= 4 is 12.0 Å². The van der Waals surface area contributed by atoms with E-state index < -0.39 is 5.97 Å². The molecule has 0 radical (unpaired) electrons. The van der Waals surface area contributed by atoms with Crippen LogP contribution in [0.3, 0.4) is 0 Å². The van der Waals surface area contributed by atoms with Crippen molar-refractivity contribution in [1.29, 1.82) is 0 Å². The lowest BCUT2D eigenvalue weighted by atomic mass is 10.4. The summed E-state index contributed by atoms with van der Waals surface area (Å²) in [4.78, 5) is 25.4. The van der Waals surface area contributed by atoms with Crippen molar-refractivity contribution in [2.45, 2.75) is 12.8 Å². The zero-order chi connectivity index (χ0) is 14.3. The minimum absolute atomic E-state index is 0.221. The van der Waals surface area contributed by atoms with Crippen molar-refractivity contribution in [3.05, 3.63) is 12.7 Å². The lowest BCUT2D eigenvalue weighted by molar-refractivity contribution is -0.137. The van der Waals surface area contributed by atoms with Gasteiger partial charge in [-0.1, -0.05) is 6.08 Å². The second-order valence-electron chi connectivity index (χ2n) is 4.79. The predicted molar refractivity (Wildman–Crippen MR) is 71.0 cm³/mol. The zero-order valence-electron chi connectivity index (χ0n) is 11.4. The van der Waals surface area contributed by atoms with Gasteiger partial charge in [0.15, 0.2) is 0 Å². The fourth-order valence-electron chi connectivity index (χ4n) is 1.60. The fraction of sp³-hybridized carbons (Fsp3) is 0.692. The highest BCUT2D eigenvalue weighted by molar-refractivity contribution is 5.80. The van der Waals surface area contributed by atoms with Gasteiger partial charge in [-0.25, -0.2) is 4.79 Å². The number of hydrogen-bond acceptors (Lipinski definition) is 3. The molecule has 2 amide bonds. The van der Waals surface area contributed by atoms with E-state index in [-0.39, 0.29) is 19.1 Å². The Balaban J connectivity index is 2.28. The molecule has 1 rings (SSSR count). The molecule has 0 aromatic rings. The standard InChI is InChI=1S/C13H22N2O4/c1-3-6-15(9-12(16)17)13(18)14(2)7-8-19-10-11-4-5-11/h3,11H,1,4-10H2,2H3,(H,16,17). The SMILES string of the molecule is C=CCN(CC(=O)O)C(=O)N(C)CCOCC1CC1. The number of rotatable bonds is 9. The maximum absolute atomic E-state index is 12.0. The lowest BCUT2D eigenvalue weighted by Crippen LogP contribution is -2.44. The van der Waals surface area contributed by atoms with E-state index in [0.717, 1.165) is 6.61 Å². The van der Waals surface area contributed by atoms with Gasteiger partial charge in [-0.3, -0.25) is 4.79 Å². The van der Waals surface area contributed by atoms with Crippen LogP contribution in [0.25, 0.3) is 0 Å². The average Bonchev–Trinajstić information content (AvgIpc) is 3.16. The highest BCUT2D eigenvalue weighted by atomic mass is 16.5. The first kappa shape index (κ1) is 15.5. The molecule has 1 aliphatic rings. The normalized spacial score (nSPS) is 13.9. The number of urea groups is 1. The Morgan fingerprint density at radius 2 is 2.16 bits per heavy atom. The van der Waals surface area contributed by atoms with Crippen molar-refractivity contribution in [3.8, 4) is 0 Å². The summed E-state index contributed by atoms with van der Waals surface area (Å²) in [6.45, 7) is 5.12. The minimum Gasteiger partial charge on any atom is -0.480 e. The molecule has 0 saturated heterocycles. The number of hydrogen-bond donors (Lipinski definition) is 1. The Kier molecular flexibility index (Phi) is 6.35. The number of carboxylic acid groups (broad SMARTS) is 1. The van der Waals surface area contributed by atoms with Crippen LogP contribution in [0.4, 0.5) is 4.79 Å². The molecule has 0 aliphatic heterocycles. The molecule has 0 aromatic carbocycles. The second kappa shape index (κ2) is 7.78. The van der Waals surface area contributed by atoms with Crippen molar-refractivity contribution in [1.82, 2.24) is 9.80 Å². The Labute approximate surface area is 113 Å². The fourth-order valence-corrected chi connectivity index (χ4v) is 1.60. The third-order valence-corrected chi connectivity index (χ3v) is 2.89. The Hall–Kier alpha value is -1.56. The molecule has 0 atom stereocenters. The molecule has 1 N–H and O–H groups in total. The monoisotopic (exact) mass is 270 g/mol. The number of aliphatic carboxylic acids is 1. The topological polar surface area (TPSA) is 70.1 Å². The molecule has 0 spiro atoms. The second-order valence-corrected chi connectivity index (χ2v) is 4.79. The van der Waals surface area contributed by atoms with E-state index in [1.165, 1.54) is 28.7 Å². The van der Waals surface area contributed by atoms with Crippen LogP contribution in [0.2, 0.25) is 0 Å². The van der Waals surface area contributed by atoms with Crippen LogP contribution in [-0.4, -0.2) is 66.8 Å². The van der Waals surface area contributed by atoms with Gasteiger partial charge in [-0.2, -0.15) is 0 Å². The summed E-state index contributed by atoms with van der Waals surface area (Å²) in [6, 6.07) is -0.322. The minimum atomic E-state index is -1.03. The summed E-state index contributed by atoms with van der Waals surface area (Å²) >= 11 is 0. The van der Waals surface area contributed by atoms with Crippen LogP contribution in [-0.2, 0) is 9.53 Å². The first-order valence-corrected chi connectivity index (χ1v) is 6.45. The molecule has 1 saturated carbocycles. The number of ether oxygens (including phenoxy) is 1. The van der Waals surface area contributed by atoms with E-state index in [9.17, 15) is 9.59 Å². The number of amides is 2.